The predicted molar refractivity (Wildman–Crippen MR) is 126 cm³/mol. The maximum absolute atomic E-state index is 12.3. The van der Waals surface area contributed by atoms with Gasteiger partial charge in [0.2, 0.25) is 11.8 Å². The molecule has 0 fully saturated rings. The number of urea groups is 1. The van der Waals surface area contributed by atoms with Crippen molar-refractivity contribution in [3.63, 3.8) is 0 Å². The van der Waals surface area contributed by atoms with Gasteiger partial charge in [0.05, 0.1) is 26.5 Å². The number of methoxy groups -OCH3 is 2. The molecule has 0 unspecified atom stereocenters. The van der Waals surface area contributed by atoms with Gasteiger partial charge in [0.25, 0.3) is 0 Å². The van der Waals surface area contributed by atoms with Crippen molar-refractivity contribution in [1.29, 1.82) is 0 Å². The Morgan fingerprint density at radius 3 is 2.61 bits per heavy atom. The lowest BCUT2D eigenvalue weighted by Gasteiger charge is -2.27. The molecule has 0 aromatic carbocycles. The molecule has 1 aliphatic heterocycles. The monoisotopic (exact) mass is 475 g/mol. The second-order valence-corrected chi connectivity index (χ2v) is 9.54. The molecular formula is C21H29N7O4S. The number of fused-ring (bicyclic) bond motifs is 1. The van der Waals surface area contributed by atoms with Gasteiger partial charge in [-0.1, -0.05) is 11.3 Å². The Morgan fingerprint density at radius 1 is 1.18 bits per heavy atom. The van der Waals surface area contributed by atoms with E-state index in [9.17, 15) is 9.59 Å². The number of rotatable bonds is 6. The van der Waals surface area contributed by atoms with Crippen LogP contribution in [0.2, 0.25) is 0 Å². The molecule has 3 rings (SSSR count). The molecule has 1 aliphatic rings. The second-order valence-electron chi connectivity index (χ2n) is 8.46. The average Bonchev–Trinajstić information content (AvgIpc) is 3.12. The minimum Gasteiger partial charge on any atom is -0.481 e. The van der Waals surface area contributed by atoms with Crippen LogP contribution in [0, 0.1) is 0 Å². The van der Waals surface area contributed by atoms with Crippen molar-refractivity contribution in [1.82, 2.24) is 25.6 Å². The Morgan fingerprint density at radius 2 is 1.94 bits per heavy atom. The summed E-state index contributed by atoms with van der Waals surface area (Å²) in [5.74, 6) is 0.841. The van der Waals surface area contributed by atoms with E-state index in [1.165, 1.54) is 24.5 Å². The van der Waals surface area contributed by atoms with Gasteiger partial charge in [-0.15, -0.1) is 0 Å². The second kappa shape index (κ2) is 10.0. The normalized spacial score (nSPS) is 13.8. The van der Waals surface area contributed by atoms with Gasteiger partial charge in [0.1, 0.15) is 5.82 Å². The number of thiazole rings is 1. The van der Waals surface area contributed by atoms with Crippen molar-refractivity contribution < 1.29 is 19.1 Å². The van der Waals surface area contributed by atoms with Crippen LogP contribution in [0.4, 0.5) is 15.7 Å². The Kier molecular flexibility index (Phi) is 7.36. The summed E-state index contributed by atoms with van der Waals surface area (Å²) in [5.41, 5.74) is 1.01. The summed E-state index contributed by atoms with van der Waals surface area (Å²) in [4.78, 5) is 40.5. The maximum Gasteiger partial charge on any atom is 0.325 e. The van der Waals surface area contributed by atoms with Crippen molar-refractivity contribution in [2.24, 2.45) is 0 Å². The molecule has 12 heteroatoms. The van der Waals surface area contributed by atoms with Crippen molar-refractivity contribution >= 4 is 34.2 Å². The molecule has 0 bridgehead atoms. The summed E-state index contributed by atoms with van der Waals surface area (Å²) in [6.07, 6.45) is 2.05. The molecule has 3 amide bonds. The molecule has 2 aromatic heterocycles. The standard InChI is InChI=1S/C21H29N7O4S/c1-12(9-16(29)27-21(2,3)4)22-18(30)26-20-23-13-7-8-28(11-14(13)33-20)15-10-17(31-5)25-19(24-15)32-6/h9-10H,7-8,11H2,1-6H3,(H,27,29)(H2,22,23,26,30)/b12-9-. The third-order valence-corrected chi connectivity index (χ3v) is 5.49. The molecular weight excluding hydrogens is 446 g/mol. The minimum atomic E-state index is -0.458. The van der Waals surface area contributed by atoms with Crippen LogP contribution < -0.4 is 30.3 Å². The smallest absolute Gasteiger partial charge is 0.325 e. The van der Waals surface area contributed by atoms with Crippen LogP contribution in [-0.4, -0.2) is 53.2 Å². The zero-order valence-corrected chi connectivity index (χ0v) is 20.4. The largest absolute Gasteiger partial charge is 0.481 e. The first kappa shape index (κ1) is 24.2. The lowest BCUT2D eigenvalue weighted by atomic mass is 10.1. The van der Waals surface area contributed by atoms with Crippen LogP contribution in [0.5, 0.6) is 11.9 Å². The maximum atomic E-state index is 12.3. The van der Waals surface area contributed by atoms with Gasteiger partial charge in [0, 0.05) is 41.2 Å². The number of anilines is 2. The summed E-state index contributed by atoms with van der Waals surface area (Å²) in [7, 11) is 3.05. The molecule has 3 N–H and O–H groups in total. The molecule has 178 valence electrons. The number of nitrogens with zero attached hydrogens (tertiary/aromatic N) is 4. The number of amides is 3. The number of carbonyl (C=O) groups is 2. The van der Waals surface area contributed by atoms with E-state index >= 15 is 0 Å². The molecule has 33 heavy (non-hydrogen) atoms. The highest BCUT2D eigenvalue weighted by atomic mass is 32.1. The van der Waals surface area contributed by atoms with E-state index in [1.54, 1.807) is 20.1 Å². The van der Waals surface area contributed by atoms with Gasteiger partial charge in [-0.3, -0.25) is 10.1 Å². The Balaban J connectivity index is 1.63. The number of carbonyl (C=O) groups excluding carboxylic acids is 2. The van der Waals surface area contributed by atoms with E-state index in [0.717, 1.165) is 10.6 Å². The lowest BCUT2D eigenvalue weighted by Crippen LogP contribution is -2.40. The minimum absolute atomic E-state index is 0.234. The van der Waals surface area contributed by atoms with Gasteiger partial charge in [-0.2, -0.15) is 9.97 Å². The Hall–Kier alpha value is -3.41. The number of aromatic nitrogens is 3. The third-order valence-electron chi connectivity index (χ3n) is 4.49. The van der Waals surface area contributed by atoms with Gasteiger partial charge < -0.3 is 25.0 Å². The molecule has 0 saturated heterocycles. The average molecular weight is 476 g/mol. The van der Waals surface area contributed by atoms with Crippen LogP contribution in [0.1, 0.15) is 38.3 Å². The van der Waals surface area contributed by atoms with Crippen LogP contribution >= 0.6 is 11.3 Å². The van der Waals surface area contributed by atoms with E-state index in [2.05, 4.69) is 35.8 Å². The zero-order chi connectivity index (χ0) is 24.2. The first-order chi connectivity index (χ1) is 15.6. The van der Waals surface area contributed by atoms with Crippen LogP contribution in [-0.2, 0) is 17.8 Å². The molecule has 0 aliphatic carbocycles. The highest BCUT2D eigenvalue weighted by molar-refractivity contribution is 7.15. The van der Waals surface area contributed by atoms with E-state index in [1.807, 2.05) is 20.8 Å². The first-order valence-electron chi connectivity index (χ1n) is 10.4. The van der Waals surface area contributed by atoms with Crippen molar-refractivity contribution in [2.75, 3.05) is 31.0 Å². The fourth-order valence-corrected chi connectivity index (χ4v) is 4.16. The van der Waals surface area contributed by atoms with Crippen LogP contribution in [0.15, 0.2) is 17.8 Å². The fourth-order valence-electron chi connectivity index (χ4n) is 3.14. The number of hydrogen-bond donors (Lipinski definition) is 3. The predicted octanol–water partition coefficient (Wildman–Crippen LogP) is 2.45. The van der Waals surface area contributed by atoms with E-state index < -0.39 is 6.03 Å². The molecule has 11 nitrogen and oxygen atoms in total. The van der Waals surface area contributed by atoms with Crippen LogP contribution in [0.25, 0.3) is 0 Å². The summed E-state index contributed by atoms with van der Waals surface area (Å²) in [6.45, 7) is 8.60. The highest BCUT2D eigenvalue weighted by Crippen LogP contribution is 2.31. The topological polar surface area (TPSA) is 131 Å². The molecule has 3 heterocycles. The molecule has 0 atom stereocenters. The number of nitrogens with one attached hydrogen (secondary N) is 3. The SMILES string of the molecule is COc1cc(N2CCc3nc(NC(=O)N/C(C)=C\C(=O)NC(C)(C)C)sc3C2)nc(OC)n1. The van der Waals surface area contributed by atoms with Gasteiger partial charge in [0.15, 0.2) is 5.13 Å². The van der Waals surface area contributed by atoms with Crippen LogP contribution in [0.3, 0.4) is 0 Å². The van der Waals surface area contributed by atoms with E-state index in [-0.39, 0.29) is 17.5 Å². The first-order valence-corrected chi connectivity index (χ1v) is 11.2. The molecule has 0 saturated carbocycles. The van der Waals surface area contributed by atoms with Gasteiger partial charge in [-0.05, 0) is 27.7 Å². The summed E-state index contributed by atoms with van der Waals surface area (Å²) in [5, 5.41) is 8.69. The number of ether oxygens (including phenoxy) is 2. The number of hydrogen-bond acceptors (Lipinski definition) is 9. The van der Waals surface area contributed by atoms with Gasteiger partial charge in [-0.25, -0.2) is 9.78 Å². The summed E-state index contributed by atoms with van der Waals surface area (Å²) >= 11 is 1.40. The number of allylic oxidation sites excluding steroid dienone is 1. The molecule has 2 aromatic rings. The van der Waals surface area contributed by atoms with Crippen molar-refractivity contribution in [3.05, 3.63) is 28.4 Å². The highest BCUT2D eigenvalue weighted by Gasteiger charge is 2.23. The van der Waals surface area contributed by atoms with Crippen molar-refractivity contribution in [2.45, 2.75) is 46.2 Å². The third kappa shape index (κ3) is 6.78. The summed E-state index contributed by atoms with van der Waals surface area (Å²) < 4.78 is 10.4. The Labute approximate surface area is 196 Å². The molecule has 0 radical (unpaired) electrons. The lowest BCUT2D eigenvalue weighted by molar-refractivity contribution is -0.117. The zero-order valence-electron chi connectivity index (χ0n) is 19.6. The van der Waals surface area contributed by atoms with Crippen molar-refractivity contribution in [3.8, 4) is 11.9 Å². The van der Waals surface area contributed by atoms with Gasteiger partial charge >= 0.3 is 12.0 Å². The molecule has 0 spiro atoms. The quantitative estimate of drug-likeness (QED) is 0.543. The van der Waals surface area contributed by atoms with E-state index in [4.69, 9.17) is 9.47 Å². The summed E-state index contributed by atoms with van der Waals surface area (Å²) in [6, 6.07) is 1.53. The Bertz CT molecular complexity index is 1040. The fraction of sp³-hybridized carbons (Fsp3) is 0.476. The van der Waals surface area contributed by atoms with E-state index in [0.29, 0.717) is 42.0 Å².